The smallest absolute Gasteiger partial charge is 0.171 e. The van der Waals surface area contributed by atoms with Gasteiger partial charge >= 0.3 is 6.18 Å². The molecule has 0 N–H and O–H groups in total. The molecule has 82 valence electrons. The van der Waals surface area contributed by atoms with Crippen LogP contribution in [0.15, 0.2) is 0 Å². The van der Waals surface area contributed by atoms with Gasteiger partial charge in [-0.3, -0.25) is 0 Å². The van der Waals surface area contributed by atoms with Gasteiger partial charge in [-0.05, 0) is 42.9 Å². The first-order chi connectivity index (χ1) is 6.39. The van der Waals surface area contributed by atoms with Crippen molar-refractivity contribution in [2.75, 3.05) is 0 Å². The predicted octanol–water partition coefficient (Wildman–Crippen LogP) is 3.87. The molecule has 0 aliphatic heterocycles. The van der Waals surface area contributed by atoms with Crippen molar-refractivity contribution in [2.45, 2.75) is 39.3 Å². The quantitative estimate of drug-likeness (QED) is 0.611. The highest BCUT2D eigenvalue weighted by atomic mass is 19.4. The van der Waals surface area contributed by atoms with Gasteiger partial charge in [-0.1, -0.05) is 13.8 Å². The minimum atomic E-state index is -3.96. The minimum absolute atomic E-state index is 0.0463. The summed E-state index contributed by atoms with van der Waals surface area (Å²) in [5.41, 5.74) is 0. The van der Waals surface area contributed by atoms with Gasteiger partial charge in [0.15, 0.2) is 0 Å². The molecule has 0 aromatic heterocycles. The van der Waals surface area contributed by atoms with Gasteiger partial charge in [0, 0.05) is 0 Å². The lowest BCUT2D eigenvalue weighted by molar-refractivity contribution is -0.228. The first-order valence-corrected chi connectivity index (χ1v) is 5.46. The van der Waals surface area contributed by atoms with Gasteiger partial charge < -0.3 is 0 Å². The fourth-order valence-electron chi connectivity index (χ4n) is 3.28. The number of alkyl halides is 3. The Balaban J connectivity index is 2.08. The van der Waals surface area contributed by atoms with Crippen LogP contribution in [0.4, 0.5) is 13.2 Å². The summed E-state index contributed by atoms with van der Waals surface area (Å²) >= 11 is 0. The van der Waals surface area contributed by atoms with Crippen molar-refractivity contribution < 1.29 is 13.2 Å². The lowest BCUT2D eigenvalue weighted by atomic mass is 9.53. The van der Waals surface area contributed by atoms with Crippen molar-refractivity contribution >= 4 is 0 Å². The van der Waals surface area contributed by atoms with E-state index in [-0.39, 0.29) is 5.92 Å². The molecule has 0 saturated heterocycles. The van der Waals surface area contributed by atoms with E-state index in [1.807, 2.05) is 0 Å². The molecule has 3 fully saturated rings. The van der Waals surface area contributed by atoms with Crippen LogP contribution in [-0.4, -0.2) is 6.18 Å². The zero-order chi connectivity index (χ0) is 10.5. The van der Waals surface area contributed by atoms with E-state index in [0.29, 0.717) is 24.2 Å². The maximum Gasteiger partial charge on any atom is 0.392 e. The zero-order valence-corrected chi connectivity index (χ0v) is 8.64. The van der Waals surface area contributed by atoms with Crippen LogP contribution >= 0.6 is 0 Å². The molecule has 0 aromatic carbocycles. The third-order valence-electron chi connectivity index (χ3n) is 4.19. The van der Waals surface area contributed by atoms with Crippen LogP contribution < -0.4 is 0 Å². The Hall–Kier alpha value is -0.210. The second-order valence-electron chi connectivity index (χ2n) is 5.28. The summed E-state index contributed by atoms with van der Waals surface area (Å²) in [7, 11) is 0. The van der Waals surface area contributed by atoms with Crippen LogP contribution in [0.5, 0.6) is 0 Å². The maximum atomic E-state index is 12.7. The van der Waals surface area contributed by atoms with Crippen molar-refractivity contribution in [2.24, 2.45) is 29.6 Å². The summed E-state index contributed by atoms with van der Waals surface area (Å²) < 4.78 is 38.0. The number of hydrogen-bond donors (Lipinski definition) is 0. The predicted molar refractivity (Wildman–Crippen MR) is 48.7 cm³/mol. The molecular formula is C11H17F3. The highest BCUT2D eigenvalue weighted by molar-refractivity contribution is 4.98. The van der Waals surface area contributed by atoms with Crippen molar-refractivity contribution in [1.29, 1.82) is 0 Å². The molecule has 0 amide bonds. The SMILES string of the molecule is CC(C)C1CC(C(F)(F)F)C2CC1C2. The molecule has 3 aliphatic carbocycles. The highest BCUT2D eigenvalue weighted by Gasteiger charge is 2.55. The molecule has 3 heteroatoms. The van der Waals surface area contributed by atoms with Crippen LogP contribution in [0.25, 0.3) is 0 Å². The first-order valence-electron chi connectivity index (χ1n) is 5.46. The average molecular weight is 206 g/mol. The maximum absolute atomic E-state index is 12.7. The molecule has 0 spiro atoms. The van der Waals surface area contributed by atoms with Crippen molar-refractivity contribution in [3.05, 3.63) is 0 Å². The van der Waals surface area contributed by atoms with Crippen molar-refractivity contribution in [3.63, 3.8) is 0 Å². The van der Waals surface area contributed by atoms with Gasteiger partial charge in [0.1, 0.15) is 0 Å². The van der Waals surface area contributed by atoms with Crippen LogP contribution in [0, 0.1) is 29.6 Å². The minimum Gasteiger partial charge on any atom is -0.171 e. The Bertz CT molecular complexity index is 213. The van der Waals surface area contributed by atoms with Gasteiger partial charge in [-0.2, -0.15) is 13.2 Å². The zero-order valence-electron chi connectivity index (χ0n) is 8.64. The summed E-state index contributed by atoms with van der Waals surface area (Å²) in [6, 6.07) is 0. The topological polar surface area (TPSA) is 0 Å². The van der Waals surface area contributed by atoms with Crippen LogP contribution in [0.1, 0.15) is 33.1 Å². The Kier molecular flexibility index (Phi) is 2.31. The van der Waals surface area contributed by atoms with Gasteiger partial charge in [0.25, 0.3) is 0 Å². The third kappa shape index (κ3) is 1.55. The second kappa shape index (κ2) is 3.14. The number of rotatable bonds is 1. The molecule has 3 saturated carbocycles. The van der Waals surface area contributed by atoms with E-state index in [1.54, 1.807) is 0 Å². The molecule has 0 aromatic rings. The van der Waals surface area contributed by atoms with E-state index in [9.17, 15) is 13.2 Å². The van der Waals surface area contributed by atoms with E-state index < -0.39 is 12.1 Å². The monoisotopic (exact) mass is 206 g/mol. The number of fused-ring (bicyclic) bond motifs is 2. The normalized spacial score (nSPS) is 42.4. The van der Waals surface area contributed by atoms with Crippen LogP contribution in [-0.2, 0) is 0 Å². The van der Waals surface area contributed by atoms with Gasteiger partial charge in [0.05, 0.1) is 5.92 Å². The summed E-state index contributed by atoms with van der Waals surface area (Å²) in [5, 5.41) is 0. The Morgan fingerprint density at radius 1 is 1.00 bits per heavy atom. The molecular weight excluding hydrogens is 189 g/mol. The van der Waals surface area contributed by atoms with E-state index in [2.05, 4.69) is 13.8 Å². The van der Waals surface area contributed by atoms with Crippen molar-refractivity contribution in [3.8, 4) is 0 Å². The molecule has 0 heterocycles. The lowest BCUT2D eigenvalue weighted by Crippen LogP contribution is -2.49. The molecule has 3 aliphatic rings. The number of halogens is 3. The average Bonchev–Trinajstić information content (AvgIpc) is 1.99. The molecule has 2 atom stereocenters. The number of hydrogen-bond acceptors (Lipinski definition) is 0. The highest BCUT2D eigenvalue weighted by Crippen LogP contribution is 2.58. The largest absolute Gasteiger partial charge is 0.392 e. The Morgan fingerprint density at radius 3 is 2.00 bits per heavy atom. The lowest BCUT2D eigenvalue weighted by Gasteiger charge is -2.53. The van der Waals surface area contributed by atoms with E-state index in [0.717, 1.165) is 12.8 Å². The van der Waals surface area contributed by atoms with E-state index in [1.165, 1.54) is 0 Å². The fourth-order valence-corrected chi connectivity index (χ4v) is 3.28. The van der Waals surface area contributed by atoms with Gasteiger partial charge in [-0.15, -0.1) is 0 Å². The Morgan fingerprint density at radius 2 is 1.57 bits per heavy atom. The standard InChI is InChI=1S/C11H17F3/c1-6(2)9-5-10(11(12,13)14)8-3-7(9)4-8/h6-10H,3-5H2,1-2H3. The molecule has 3 rings (SSSR count). The van der Waals surface area contributed by atoms with E-state index in [4.69, 9.17) is 0 Å². The summed E-state index contributed by atoms with van der Waals surface area (Å²) in [4.78, 5) is 0. The molecule has 2 bridgehead atoms. The van der Waals surface area contributed by atoms with Crippen LogP contribution in [0.3, 0.4) is 0 Å². The summed E-state index contributed by atoms with van der Waals surface area (Å²) in [6.45, 7) is 4.10. The Labute approximate surface area is 82.9 Å². The fraction of sp³-hybridized carbons (Fsp3) is 1.00. The molecule has 2 unspecified atom stereocenters. The van der Waals surface area contributed by atoms with Gasteiger partial charge in [0.2, 0.25) is 0 Å². The summed E-state index contributed by atoms with van der Waals surface area (Å²) in [6.07, 6.45) is -1.92. The first kappa shape index (κ1) is 10.3. The van der Waals surface area contributed by atoms with Crippen LogP contribution in [0.2, 0.25) is 0 Å². The molecule has 0 nitrogen and oxygen atoms in total. The third-order valence-corrected chi connectivity index (χ3v) is 4.19. The van der Waals surface area contributed by atoms with Crippen molar-refractivity contribution in [1.82, 2.24) is 0 Å². The second-order valence-corrected chi connectivity index (χ2v) is 5.28. The van der Waals surface area contributed by atoms with Gasteiger partial charge in [-0.25, -0.2) is 0 Å². The summed E-state index contributed by atoms with van der Waals surface area (Å²) in [5.74, 6) is 0.270. The molecule has 14 heavy (non-hydrogen) atoms. The van der Waals surface area contributed by atoms with E-state index >= 15 is 0 Å². The molecule has 0 radical (unpaired) electrons.